The van der Waals surface area contributed by atoms with E-state index in [-0.39, 0.29) is 17.6 Å². The van der Waals surface area contributed by atoms with Crippen LogP contribution in [-0.2, 0) is 17.7 Å². The largest absolute Gasteiger partial charge is 0.493 e. The van der Waals surface area contributed by atoms with Crippen LogP contribution in [0.5, 0.6) is 23.0 Å². The fourth-order valence-corrected chi connectivity index (χ4v) is 6.06. The zero-order valence-corrected chi connectivity index (χ0v) is 23.3. The number of hydrogen-bond donors (Lipinski definition) is 2. The topological polar surface area (TPSA) is 125 Å². The summed E-state index contributed by atoms with van der Waals surface area (Å²) >= 11 is 1.46. The standard InChI is InChI=1S/C28H29N3O8S/c1-5-38-28(34)31-10-9-18-21(14-31)40-26-22(18)25(32)29-24(30-26)15-7-6-8-17(11-15)39-27(33)16-12-19(35-2)23(37-4)20(13-16)36-3/h6-8,11-13,24,30H,5,9-10,14H2,1-4H3,(H,29,32). The molecule has 1 unspecified atom stereocenters. The minimum atomic E-state index is -0.614. The van der Waals surface area contributed by atoms with Gasteiger partial charge in [-0.05, 0) is 48.7 Å². The van der Waals surface area contributed by atoms with E-state index in [0.717, 1.165) is 15.4 Å². The molecule has 3 aromatic rings. The molecule has 0 aliphatic carbocycles. The number of esters is 1. The maximum absolute atomic E-state index is 13.2. The Kier molecular flexibility index (Phi) is 7.69. The average Bonchev–Trinajstić information content (AvgIpc) is 3.34. The van der Waals surface area contributed by atoms with Gasteiger partial charge in [0, 0.05) is 11.4 Å². The number of carbonyl (C=O) groups is 3. The van der Waals surface area contributed by atoms with Gasteiger partial charge in [0.25, 0.3) is 5.91 Å². The number of nitrogens with one attached hydrogen (secondary N) is 2. The highest BCUT2D eigenvalue weighted by atomic mass is 32.1. The highest BCUT2D eigenvalue weighted by molar-refractivity contribution is 7.16. The molecule has 210 valence electrons. The molecule has 40 heavy (non-hydrogen) atoms. The van der Waals surface area contributed by atoms with Gasteiger partial charge in [0.2, 0.25) is 5.75 Å². The smallest absolute Gasteiger partial charge is 0.410 e. The normalized spacial score (nSPS) is 15.7. The fourth-order valence-electron chi connectivity index (χ4n) is 4.78. The van der Waals surface area contributed by atoms with Crippen molar-refractivity contribution in [2.75, 3.05) is 39.8 Å². The highest BCUT2D eigenvalue weighted by Gasteiger charge is 2.34. The molecule has 0 bridgehead atoms. The predicted octanol–water partition coefficient (Wildman–Crippen LogP) is 4.36. The Hall–Kier alpha value is -4.45. The number of amides is 2. The van der Waals surface area contributed by atoms with Crippen molar-refractivity contribution >= 4 is 34.3 Å². The first-order valence-electron chi connectivity index (χ1n) is 12.6. The van der Waals surface area contributed by atoms with Crippen molar-refractivity contribution in [2.24, 2.45) is 0 Å². The summed E-state index contributed by atoms with van der Waals surface area (Å²) in [7, 11) is 4.41. The molecule has 0 saturated heterocycles. The van der Waals surface area contributed by atoms with E-state index >= 15 is 0 Å². The first-order chi connectivity index (χ1) is 19.4. The summed E-state index contributed by atoms with van der Waals surface area (Å²) in [5, 5.41) is 7.13. The summed E-state index contributed by atoms with van der Waals surface area (Å²) in [5.74, 6) is 0.518. The summed E-state index contributed by atoms with van der Waals surface area (Å²) in [4.78, 5) is 41.0. The van der Waals surface area contributed by atoms with Crippen LogP contribution in [0.3, 0.4) is 0 Å². The Balaban J connectivity index is 1.34. The zero-order valence-electron chi connectivity index (χ0n) is 22.5. The number of hydrogen-bond acceptors (Lipinski definition) is 10. The van der Waals surface area contributed by atoms with E-state index in [0.29, 0.717) is 60.2 Å². The van der Waals surface area contributed by atoms with Crippen LogP contribution in [0.1, 0.15) is 49.8 Å². The highest BCUT2D eigenvalue weighted by Crippen LogP contribution is 2.41. The van der Waals surface area contributed by atoms with Crippen molar-refractivity contribution in [1.29, 1.82) is 0 Å². The predicted molar refractivity (Wildman–Crippen MR) is 147 cm³/mol. The van der Waals surface area contributed by atoms with Crippen molar-refractivity contribution in [2.45, 2.75) is 26.1 Å². The van der Waals surface area contributed by atoms with E-state index in [1.54, 1.807) is 30.0 Å². The van der Waals surface area contributed by atoms with E-state index in [2.05, 4.69) is 10.6 Å². The second-order valence-corrected chi connectivity index (χ2v) is 10.1. The Morgan fingerprint density at radius 1 is 1.05 bits per heavy atom. The van der Waals surface area contributed by atoms with Crippen molar-refractivity contribution < 1.29 is 38.1 Å². The van der Waals surface area contributed by atoms with E-state index in [1.807, 2.05) is 6.07 Å². The van der Waals surface area contributed by atoms with Crippen LogP contribution in [0.2, 0.25) is 0 Å². The van der Waals surface area contributed by atoms with Gasteiger partial charge >= 0.3 is 12.1 Å². The van der Waals surface area contributed by atoms with Gasteiger partial charge in [-0.15, -0.1) is 11.3 Å². The molecule has 12 heteroatoms. The molecule has 0 spiro atoms. The van der Waals surface area contributed by atoms with Crippen molar-refractivity contribution in [1.82, 2.24) is 10.2 Å². The Morgan fingerprint density at radius 2 is 1.80 bits per heavy atom. The van der Waals surface area contributed by atoms with Crippen LogP contribution in [0.25, 0.3) is 0 Å². The van der Waals surface area contributed by atoms with E-state index in [4.69, 9.17) is 23.7 Å². The van der Waals surface area contributed by atoms with Gasteiger partial charge in [0.15, 0.2) is 11.5 Å². The van der Waals surface area contributed by atoms with Crippen molar-refractivity contribution in [3.63, 3.8) is 0 Å². The number of nitrogens with zero attached hydrogens (tertiary/aromatic N) is 1. The first-order valence-corrected chi connectivity index (χ1v) is 13.4. The summed E-state index contributed by atoms with van der Waals surface area (Å²) in [6.45, 7) is 2.98. The molecule has 1 atom stereocenters. The number of methoxy groups -OCH3 is 3. The number of ether oxygens (including phenoxy) is 5. The number of rotatable bonds is 7. The maximum Gasteiger partial charge on any atom is 0.410 e. The average molecular weight is 568 g/mol. The second kappa shape index (κ2) is 11.3. The summed E-state index contributed by atoms with van der Waals surface area (Å²) in [5.41, 5.74) is 2.49. The van der Waals surface area contributed by atoms with Gasteiger partial charge in [-0.25, -0.2) is 9.59 Å². The lowest BCUT2D eigenvalue weighted by Crippen LogP contribution is -2.39. The molecule has 2 N–H and O–H groups in total. The van der Waals surface area contributed by atoms with Gasteiger partial charge in [-0.3, -0.25) is 4.79 Å². The van der Waals surface area contributed by atoms with E-state index in [1.165, 1.54) is 44.8 Å². The molecule has 0 fully saturated rings. The zero-order chi connectivity index (χ0) is 28.4. The molecule has 2 aromatic carbocycles. The van der Waals surface area contributed by atoms with Gasteiger partial charge in [0.1, 0.15) is 16.9 Å². The lowest BCUT2D eigenvalue weighted by Gasteiger charge is -2.28. The second-order valence-electron chi connectivity index (χ2n) is 9.01. The third-order valence-corrected chi connectivity index (χ3v) is 7.81. The lowest BCUT2D eigenvalue weighted by atomic mass is 10.0. The molecule has 11 nitrogen and oxygen atoms in total. The van der Waals surface area contributed by atoms with E-state index in [9.17, 15) is 14.4 Å². The Labute approximate surface area is 234 Å². The third kappa shape index (κ3) is 5.09. The number of carbonyl (C=O) groups excluding carboxylic acids is 3. The number of benzene rings is 2. The van der Waals surface area contributed by atoms with Crippen LogP contribution >= 0.6 is 11.3 Å². The molecular formula is C28H29N3O8S. The summed E-state index contributed by atoms with van der Waals surface area (Å²) in [6, 6.07) is 9.94. The third-order valence-electron chi connectivity index (χ3n) is 6.66. The van der Waals surface area contributed by atoms with Gasteiger partial charge in [-0.2, -0.15) is 0 Å². The molecule has 0 radical (unpaired) electrons. The minimum absolute atomic E-state index is 0.194. The maximum atomic E-state index is 13.2. The van der Waals surface area contributed by atoms with Gasteiger partial charge in [0.05, 0.1) is 45.6 Å². The van der Waals surface area contributed by atoms with Gasteiger partial charge < -0.3 is 39.2 Å². The minimum Gasteiger partial charge on any atom is -0.493 e. The monoisotopic (exact) mass is 567 g/mol. The summed E-state index contributed by atoms with van der Waals surface area (Å²) < 4.78 is 26.8. The van der Waals surface area contributed by atoms with Crippen molar-refractivity contribution in [3.8, 4) is 23.0 Å². The van der Waals surface area contributed by atoms with Crippen LogP contribution in [0, 0.1) is 0 Å². The van der Waals surface area contributed by atoms with E-state index < -0.39 is 12.1 Å². The molecule has 5 rings (SSSR count). The number of fused-ring (bicyclic) bond motifs is 3. The molecule has 3 heterocycles. The van der Waals surface area contributed by atoms with Gasteiger partial charge in [-0.1, -0.05) is 12.1 Å². The van der Waals surface area contributed by atoms with Crippen LogP contribution in [-0.4, -0.2) is 57.4 Å². The van der Waals surface area contributed by atoms with Crippen molar-refractivity contribution in [3.05, 3.63) is 63.5 Å². The van der Waals surface area contributed by atoms with Crippen LogP contribution < -0.4 is 29.6 Å². The molecule has 2 amide bonds. The SMILES string of the molecule is CCOC(=O)N1CCc2c(sc3c2C(=O)NC(c2cccc(OC(=O)c4cc(OC)c(OC)c(OC)c4)c2)N3)C1. The lowest BCUT2D eigenvalue weighted by molar-refractivity contribution is 0.0732. The number of anilines is 1. The van der Waals surface area contributed by atoms with Crippen LogP contribution in [0.15, 0.2) is 36.4 Å². The van der Waals surface area contributed by atoms with Crippen LogP contribution in [0.4, 0.5) is 9.80 Å². The molecular weight excluding hydrogens is 538 g/mol. The molecule has 1 aromatic heterocycles. The quantitative estimate of drug-likeness (QED) is 0.316. The molecule has 2 aliphatic heterocycles. The first kappa shape index (κ1) is 27.1. The molecule has 0 saturated carbocycles. The molecule has 2 aliphatic rings. The number of thiophene rings is 1. The summed E-state index contributed by atoms with van der Waals surface area (Å²) in [6.07, 6.45) is -0.319. The fraction of sp³-hybridized carbons (Fsp3) is 0.321. The Bertz CT molecular complexity index is 1440. The Morgan fingerprint density at radius 3 is 2.48 bits per heavy atom.